The van der Waals surface area contributed by atoms with Crippen molar-refractivity contribution in [1.82, 2.24) is 0 Å². The first-order valence-electron chi connectivity index (χ1n) is 27.0. The van der Waals surface area contributed by atoms with Crippen molar-refractivity contribution in [3.05, 3.63) is 122 Å². The maximum Gasteiger partial charge on any atom is 0.306 e. The van der Waals surface area contributed by atoms with E-state index < -0.39 is 12.1 Å². The molecule has 0 fully saturated rings. The number of ether oxygens (including phenoxy) is 3. The molecule has 0 unspecified atom stereocenters. The number of carbonyl (C=O) groups excluding carboxylic acids is 3. The third-order valence-electron chi connectivity index (χ3n) is 10.9. The average Bonchev–Trinajstić information content (AvgIpc) is 3.33. The standard InChI is InChI=1S/C61H98O6/c1-4-7-10-13-16-19-22-25-28-29-30-31-34-37-40-43-46-49-52-55-61(64)67-58(56-65-59(62)53-50-47-44-41-38-35-32-26-23-20-17-14-11-8-5-2)57-66-60(63)54-51-48-45-42-39-36-33-27-24-21-18-15-12-9-6-3/h8,11,16-17,19-20,25-28,30-33,37-38,40-41,46,49,58H,4-7,9-10,12-15,18,21-24,29,34-36,39,42-45,47-48,50-57H2,1-3H3/b11-8-,19-16-,20-17-,28-25-,31-30-,32-26-,33-27-,40-37-,41-38-,49-46-/t58-/m1/s1. The minimum Gasteiger partial charge on any atom is -0.462 e. The Morgan fingerprint density at radius 2 is 0.612 bits per heavy atom. The van der Waals surface area contributed by atoms with Crippen molar-refractivity contribution in [3.8, 4) is 0 Å². The highest BCUT2D eigenvalue weighted by Gasteiger charge is 2.19. The maximum absolute atomic E-state index is 12.8. The first kappa shape index (κ1) is 62.8. The molecule has 0 spiro atoms. The van der Waals surface area contributed by atoms with E-state index in [9.17, 15) is 14.4 Å². The van der Waals surface area contributed by atoms with Gasteiger partial charge in [0, 0.05) is 19.3 Å². The summed E-state index contributed by atoms with van der Waals surface area (Å²) in [4.78, 5) is 38.0. The summed E-state index contributed by atoms with van der Waals surface area (Å²) >= 11 is 0. The highest BCUT2D eigenvalue weighted by atomic mass is 16.6. The van der Waals surface area contributed by atoms with Gasteiger partial charge in [0.1, 0.15) is 13.2 Å². The lowest BCUT2D eigenvalue weighted by Gasteiger charge is -2.18. The first-order chi connectivity index (χ1) is 33.0. The van der Waals surface area contributed by atoms with Crippen LogP contribution in [0.1, 0.15) is 226 Å². The van der Waals surface area contributed by atoms with E-state index in [1.54, 1.807) is 0 Å². The van der Waals surface area contributed by atoms with E-state index in [-0.39, 0.29) is 38.0 Å². The molecule has 378 valence electrons. The Labute approximate surface area is 412 Å². The van der Waals surface area contributed by atoms with Crippen molar-refractivity contribution in [3.63, 3.8) is 0 Å². The van der Waals surface area contributed by atoms with Crippen molar-refractivity contribution >= 4 is 17.9 Å². The van der Waals surface area contributed by atoms with Crippen LogP contribution in [-0.2, 0) is 28.6 Å². The van der Waals surface area contributed by atoms with Crippen molar-refractivity contribution in [2.24, 2.45) is 0 Å². The van der Waals surface area contributed by atoms with Gasteiger partial charge in [-0.3, -0.25) is 14.4 Å². The van der Waals surface area contributed by atoms with E-state index in [2.05, 4.69) is 130 Å². The highest BCUT2D eigenvalue weighted by molar-refractivity contribution is 5.71. The van der Waals surface area contributed by atoms with E-state index in [0.29, 0.717) is 19.3 Å². The Kier molecular flexibility index (Phi) is 51.0. The van der Waals surface area contributed by atoms with Crippen molar-refractivity contribution in [2.45, 2.75) is 232 Å². The molecule has 0 aliphatic heterocycles. The van der Waals surface area contributed by atoms with Crippen molar-refractivity contribution in [1.29, 1.82) is 0 Å². The van der Waals surface area contributed by atoms with Crippen LogP contribution >= 0.6 is 0 Å². The molecule has 0 aromatic rings. The number of carbonyl (C=O) groups is 3. The van der Waals surface area contributed by atoms with E-state index in [1.807, 2.05) is 12.2 Å². The van der Waals surface area contributed by atoms with Crippen molar-refractivity contribution < 1.29 is 28.6 Å². The summed E-state index contributed by atoms with van der Waals surface area (Å²) in [5.41, 5.74) is 0. The molecule has 6 heteroatoms. The van der Waals surface area contributed by atoms with Gasteiger partial charge in [-0.2, -0.15) is 0 Å². The summed E-state index contributed by atoms with van der Waals surface area (Å²) in [6.07, 6.45) is 74.8. The number of unbranched alkanes of at least 4 members (excludes halogenated alkanes) is 16. The van der Waals surface area contributed by atoms with Gasteiger partial charge in [0.2, 0.25) is 0 Å². The molecule has 6 nitrogen and oxygen atoms in total. The fraction of sp³-hybridized carbons (Fsp3) is 0.623. The minimum absolute atomic E-state index is 0.128. The highest BCUT2D eigenvalue weighted by Crippen LogP contribution is 2.12. The predicted molar refractivity (Wildman–Crippen MR) is 288 cm³/mol. The van der Waals surface area contributed by atoms with Crippen LogP contribution in [-0.4, -0.2) is 37.2 Å². The van der Waals surface area contributed by atoms with Crippen LogP contribution in [0, 0.1) is 0 Å². The SMILES string of the molecule is CC/C=C\C/C=C\C/C=C\C/C=C\CCCCC(=O)OC[C@H](COC(=O)CCCCCCC/C=C\CCCCCCCC)OC(=O)CC/C=C\C/C=C\C/C=C\C/C=C\C/C=C\CCCCC. The number of hydrogen-bond donors (Lipinski definition) is 0. The monoisotopic (exact) mass is 927 g/mol. The first-order valence-corrected chi connectivity index (χ1v) is 27.0. The second-order valence-electron chi connectivity index (χ2n) is 17.4. The molecule has 0 heterocycles. The van der Waals surface area contributed by atoms with Crippen molar-refractivity contribution in [2.75, 3.05) is 13.2 Å². The van der Waals surface area contributed by atoms with Gasteiger partial charge in [-0.1, -0.05) is 206 Å². The number of rotatable bonds is 47. The number of esters is 3. The van der Waals surface area contributed by atoms with Crippen LogP contribution < -0.4 is 0 Å². The van der Waals surface area contributed by atoms with Gasteiger partial charge in [0.25, 0.3) is 0 Å². The predicted octanol–water partition coefficient (Wildman–Crippen LogP) is 18.1. The Bertz CT molecular complexity index is 1440. The van der Waals surface area contributed by atoms with Crippen LogP contribution in [0.25, 0.3) is 0 Å². The van der Waals surface area contributed by atoms with Gasteiger partial charge >= 0.3 is 17.9 Å². The van der Waals surface area contributed by atoms with Gasteiger partial charge in [0.15, 0.2) is 6.10 Å². The van der Waals surface area contributed by atoms with Gasteiger partial charge in [-0.05, 0) is 122 Å². The quantitative estimate of drug-likeness (QED) is 0.0262. The fourth-order valence-electron chi connectivity index (χ4n) is 6.88. The molecule has 0 radical (unpaired) electrons. The Balaban J connectivity index is 4.60. The van der Waals surface area contributed by atoms with E-state index in [0.717, 1.165) is 96.3 Å². The lowest BCUT2D eigenvalue weighted by atomic mass is 10.1. The smallest absolute Gasteiger partial charge is 0.306 e. The largest absolute Gasteiger partial charge is 0.462 e. The zero-order valence-electron chi connectivity index (χ0n) is 43.1. The van der Waals surface area contributed by atoms with E-state index in [1.165, 1.54) is 77.0 Å². The minimum atomic E-state index is -0.841. The summed E-state index contributed by atoms with van der Waals surface area (Å²) in [5, 5.41) is 0. The van der Waals surface area contributed by atoms with Crippen LogP contribution in [0.3, 0.4) is 0 Å². The molecule has 0 N–H and O–H groups in total. The molecule has 0 aromatic carbocycles. The molecule has 1 atom stereocenters. The molecular formula is C61H98O6. The number of hydrogen-bond acceptors (Lipinski definition) is 6. The summed E-state index contributed by atoms with van der Waals surface area (Å²) in [7, 11) is 0. The summed E-state index contributed by atoms with van der Waals surface area (Å²) in [6, 6.07) is 0. The number of allylic oxidation sites excluding steroid dienone is 20. The molecule has 0 saturated heterocycles. The lowest BCUT2D eigenvalue weighted by Crippen LogP contribution is -2.30. The zero-order chi connectivity index (χ0) is 48.6. The fourth-order valence-corrected chi connectivity index (χ4v) is 6.88. The molecule has 0 aromatic heterocycles. The molecule has 0 amide bonds. The zero-order valence-corrected chi connectivity index (χ0v) is 43.1. The molecule has 0 bridgehead atoms. The second kappa shape index (κ2) is 54.4. The normalized spacial score (nSPS) is 13.1. The van der Waals surface area contributed by atoms with Crippen LogP contribution in [0.15, 0.2) is 122 Å². The van der Waals surface area contributed by atoms with Gasteiger partial charge in [-0.25, -0.2) is 0 Å². The Morgan fingerprint density at radius 1 is 0.313 bits per heavy atom. The second-order valence-corrected chi connectivity index (χ2v) is 17.4. The van der Waals surface area contributed by atoms with Gasteiger partial charge in [0.05, 0.1) is 0 Å². The molecule has 67 heavy (non-hydrogen) atoms. The summed E-state index contributed by atoms with van der Waals surface area (Å²) in [6.45, 7) is 6.37. The summed E-state index contributed by atoms with van der Waals surface area (Å²) < 4.78 is 16.7. The van der Waals surface area contributed by atoms with Crippen LogP contribution in [0.2, 0.25) is 0 Å². The third kappa shape index (κ3) is 52.6. The Morgan fingerprint density at radius 3 is 1.04 bits per heavy atom. The lowest BCUT2D eigenvalue weighted by molar-refractivity contribution is -0.166. The third-order valence-corrected chi connectivity index (χ3v) is 10.9. The van der Waals surface area contributed by atoms with Crippen LogP contribution in [0.5, 0.6) is 0 Å². The topological polar surface area (TPSA) is 78.9 Å². The molecular weight excluding hydrogens is 829 g/mol. The van der Waals surface area contributed by atoms with Gasteiger partial charge < -0.3 is 14.2 Å². The molecule has 0 rings (SSSR count). The average molecular weight is 927 g/mol. The van der Waals surface area contributed by atoms with Gasteiger partial charge in [-0.15, -0.1) is 0 Å². The summed E-state index contributed by atoms with van der Waals surface area (Å²) in [5.74, 6) is -1.07. The Hall–Kier alpha value is -4.19. The van der Waals surface area contributed by atoms with Crippen LogP contribution in [0.4, 0.5) is 0 Å². The molecule has 0 saturated carbocycles. The van der Waals surface area contributed by atoms with E-state index >= 15 is 0 Å². The van der Waals surface area contributed by atoms with E-state index in [4.69, 9.17) is 14.2 Å². The molecule has 0 aliphatic rings. The molecule has 0 aliphatic carbocycles. The maximum atomic E-state index is 12.8.